The summed E-state index contributed by atoms with van der Waals surface area (Å²) < 4.78 is 4.68. The molecule has 0 aromatic carbocycles. The number of rotatable bonds is 1. The van der Waals surface area contributed by atoms with Crippen molar-refractivity contribution in [2.45, 2.75) is 12.5 Å². The van der Waals surface area contributed by atoms with Crippen molar-refractivity contribution in [1.29, 1.82) is 0 Å². The molecule has 0 bridgehead atoms. The van der Waals surface area contributed by atoms with E-state index in [9.17, 15) is 4.79 Å². The Kier molecular flexibility index (Phi) is 0.520. The lowest BCUT2D eigenvalue weighted by Crippen LogP contribution is -2.03. The minimum atomic E-state index is -0.389. The summed E-state index contributed by atoms with van der Waals surface area (Å²) >= 11 is 0. The highest BCUT2D eigenvalue weighted by atomic mass is 16.6. The minimum Gasteiger partial charge on any atom is -0.362 e. The van der Waals surface area contributed by atoms with Crippen molar-refractivity contribution >= 4 is 6.29 Å². The van der Waals surface area contributed by atoms with Gasteiger partial charge in [0.2, 0.25) is 0 Å². The standard InChI is InChI=1S/C4H6O2/c1-4(2-5)3-6-4/h2H,3H2,1H3. The van der Waals surface area contributed by atoms with Gasteiger partial charge >= 0.3 is 0 Å². The Balaban J connectivity index is 2.47. The molecule has 2 nitrogen and oxygen atoms in total. The largest absolute Gasteiger partial charge is 0.362 e. The van der Waals surface area contributed by atoms with E-state index in [0.29, 0.717) is 6.61 Å². The first-order valence-electron chi connectivity index (χ1n) is 1.87. The van der Waals surface area contributed by atoms with Gasteiger partial charge in [0, 0.05) is 0 Å². The van der Waals surface area contributed by atoms with Gasteiger partial charge in [-0.3, -0.25) is 0 Å². The maximum absolute atomic E-state index is 9.76. The Hall–Kier alpha value is -0.370. The molecular formula is C4H6O2. The fourth-order valence-corrected chi connectivity index (χ4v) is 0.182. The molecule has 0 amide bonds. The summed E-state index contributed by atoms with van der Waals surface area (Å²) in [7, 11) is 0. The van der Waals surface area contributed by atoms with Crippen LogP contribution in [0.15, 0.2) is 0 Å². The first-order valence-corrected chi connectivity index (χ1v) is 1.87. The predicted molar refractivity (Wildman–Crippen MR) is 20.4 cm³/mol. The summed E-state index contributed by atoms with van der Waals surface area (Å²) in [5.74, 6) is 0. The van der Waals surface area contributed by atoms with Crippen LogP contribution >= 0.6 is 0 Å². The number of ether oxygens (including phenoxy) is 1. The van der Waals surface area contributed by atoms with Crippen LogP contribution in [0.5, 0.6) is 0 Å². The van der Waals surface area contributed by atoms with Gasteiger partial charge in [0.1, 0.15) is 5.60 Å². The first-order chi connectivity index (χ1) is 2.77. The Morgan fingerprint density at radius 3 is 2.50 bits per heavy atom. The molecule has 0 radical (unpaired) electrons. The molecule has 6 heavy (non-hydrogen) atoms. The molecule has 1 saturated heterocycles. The van der Waals surface area contributed by atoms with Crippen molar-refractivity contribution in [2.75, 3.05) is 6.61 Å². The predicted octanol–water partition coefficient (Wildman–Crippen LogP) is -0.0258. The highest BCUT2D eigenvalue weighted by Crippen LogP contribution is 2.21. The lowest BCUT2D eigenvalue weighted by Gasteiger charge is -1.80. The van der Waals surface area contributed by atoms with Crippen molar-refractivity contribution in [2.24, 2.45) is 0 Å². The van der Waals surface area contributed by atoms with Gasteiger partial charge in [0.05, 0.1) is 6.61 Å². The van der Waals surface area contributed by atoms with Gasteiger partial charge in [-0.15, -0.1) is 0 Å². The third-order valence-corrected chi connectivity index (χ3v) is 0.849. The molecule has 0 aliphatic carbocycles. The fourth-order valence-electron chi connectivity index (χ4n) is 0.182. The van der Waals surface area contributed by atoms with Gasteiger partial charge in [0.15, 0.2) is 6.29 Å². The lowest BCUT2D eigenvalue weighted by molar-refractivity contribution is -0.111. The Labute approximate surface area is 36.1 Å². The second-order valence-electron chi connectivity index (χ2n) is 1.72. The van der Waals surface area contributed by atoms with Crippen molar-refractivity contribution in [3.63, 3.8) is 0 Å². The zero-order valence-electron chi connectivity index (χ0n) is 3.60. The normalized spacial score (nSPS) is 42.2. The van der Waals surface area contributed by atoms with E-state index in [1.165, 1.54) is 0 Å². The topological polar surface area (TPSA) is 29.6 Å². The van der Waals surface area contributed by atoms with Crippen LogP contribution in [0.1, 0.15) is 6.92 Å². The van der Waals surface area contributed by atoms with Gasteiger partial charge in [-0.2, -0.15) is 0 Å². The smallest absolute Gasteiger partial charge is 0.153 e. The zero-order chi connectivity index (χ0) is 4.62. The molecule has 34 valence electrons. The Bertz CT molecular complexity index is 73.6. The van der Waals surface area contributed by atoms with E-state index in [2.05, 4.69) is 4.74 Å². The molecule has 0 aromatic heterocycles. The van der Waals surface area contributed by atoms with E-state index in [0.717, 1.165) is 6.29 Å². The van der Waals surface area contributed by atoms with Gasteiger partial charge in [0.25, 0.3) is 0 Å². The zero-order valence-corrected chi connectivity index (χ0v) is 3.60. The summed E-state index contributed by atoms with van der Waals surface area (Å²) in [6, 6.07) is 0. The van der Waals surface area contributed by atoms with Crippen LogP contribution in [0.25, 0.3) is 0 Å². The Morgan fingerprint density at radius 2 is 2.50 bits per heavy atom. The van der Waals surface area contributed by atoms with Crippen LogP contribution in [0, 0.1) is 0 Å². The van der Waals surface area contributed by atoms with Crippen molar-refractivity contribution in [3.05, 3.63) is 0 Å². The summed E-state index contributed by atoms with van der Waals surface area (Å²) in [6.07, 6.45) is 0.826. The van der Waals surface area contributed by atoms with E-state index in [-0.39, 0.29) is 5.60 Å². The summed E-state index contributed by atoms with van der Waals surface area (Å²) in [6.45, 7) is 2.37. The molecule has 1 unspecified atom stereocenters. The molecule has 0 aromatic rings. The van der Waals surface area contributed by atoms with Gasteiger partial charge in [-0.05, 0) is 6.92 Å². The highest BCUT2D eigenvalue weighted by Gasteiger charge is 2.38. The second kappa shape index (κ2) is 0.819. The third-order valence-electron chi connectivity index (χ3n) is 0.849. The van der Waals surface area contributed by atoms with Crippen molar-refractivity contribution < 1.29 is 9.53 Å². The number of hydrogen-bond acceptors (Lipinski definition) is 2. The number of hydrogen-bond donors (Lipinski definition) is 0. The van der Waals surface area contributed by atoms with E-state index in [1.807, 2.05) is 0 Å². The Morgan fingerprint density at radius 1 is 2.00 bits per heavy atom. The van der Waals surface area contributed by atoms with Crippen LogP contribution in [-0.4, -0.2) is 18.5 Å². The molecule has 1 atom stereocenters. The molecule has 1 fully saturated rings. The molecule has 1 heterocycles. The summed E-state index contributed by atoms with van der Waals surface area (Å²) in [5.41, 5.74) is -0.389. The van der Waals surface area contributed by atoms with Crippen LogP contribution < -0.4 is 0 Å². The molecule has 1 aliphatic heterocycles. The molecular weight excluding hydrogens is 80.0 g/mol. The van der Waals surface area contributed by atoms with E-state index in [4.69, 9.17) is 0 Å². The van der Waals surface area contributed by atoms with E-state index >= 15 is 0 Å². The van der Waals surface area contributed by atoms with E-state index in [1.54, 1.807) is 6.92 Å². The number of carbonyl (C=O) groups is 1. The van der Waals surface area contributed by atoms with Crippen LogP contribution in [0.2, 0.25) is 0 Å². The monoisotopic (exact) mass is 86.0 g/mol. The molecule has 0 saturated carbocycles. The van der Waals surface area contributed by atoms with Gasteiger partial charge in [-0.25, -0.2) is 0 Å². The quantitative estimate of drug-likeness (QED) is 0.331. The molecule has 1 aliphatic rings. The fraction of sp³-hybridized carbons (Fsp3) is 0.750. The molecule has 0 spiro atoms. The first kappa shape index (κ1) is 3.81. The number of carbonyl (C=O) groups excluding carboxylic acids is 1. The minimum absolute atomic E-state index is 0.389. The molecule has 0 N–H and O–H groups in total. The van der Waals surface area contributed by atoms with Gasteiger partial charge < -0.3 is 9.53 Å². The van der Waals surface area contributed by atoms with Crippen LogP contribution in [0.3, 0.4) is 0 Å². The molecule has 2 heteroatoms. The summed E-state index contributed by atoms with van der Waals surface area (Å²) in [4.78, 5) is 9.76. The summed E-state index contributed by atoms with van der Waals surface area (Å²) in [5, 5.41) is 0. The van der Waals surface area contributed by atoms with E-state index < -0.39 is 0 Å². The maximum atomic E-state index is 9.76. The average Bonchev–Trinajstić information content (AvgIpc) is 2.22. The van der Waals surface area contributed by atoms with Crippen LogP contribution in [-0.2, 0) is 9.53 Å². The number of aldehydes is 1. The van der Waals surface area contributed by atoms with Crippen LogP contribution in [0.4, 0.5) is 0 Å². The lowest BCUT2D eigenvalue weighted by atomic mass is 10.2. The van der Waals surface area contributed by atoms with Crippen molar-refractivity contribution in [3.8, 4) is 0 Å². The van der Waals surface area contributed by atoms with Gasteiger partial charge in [-0.1, -0.05) is 0 Å². The third kappa shape index (κ3) is 0.431. The second-order valence-corrected chi connectivity index (χ2v) is 1.72. The van der Waals surface area contributed by atoms with Crippen molar-refractivity contribution in [1.82, 2.24) is 0 Å². The average molecular weight is 86.1 g/mol. The number of epoxide rings is 1. The highest BCUT2D eigenvalue weighted by molar-refractivity contribution is 5.65. The molecule has 1 rings (SSSR count). The SMILES string of the molecule is CC1(C=O)CO1. The maximum Gasteiger partial charge on any atom is 0.153 e.